The monoisotopic (exact) mass is 285 g/mol. The Bertz CT molecular complexity index is 517. The lowest BCUT2D eigenvalue weighted by Crippen LogP contribution is -2.39. The highest BCUT2D eigenvalue weighted by molar-refractivity contribution is 5.64. The van der Waals surface area contributed by atoms with Crippen LogP contribution in [0.4, 0.5) is 20.2 Å². The minimum Gasteiger partial charge on any atom is -0.366 e. The molecule has 20 heavy (non-hydrogen) atoms. The molecule has 0 spiro atoms. The fraction of sp³-hybridized carbons (Fsp3) is 0.538. The van der Waals surface area contributed by atoms with E-state index >= 15 is 0 Å². The number of benzene rings is 1. The number of halogens is 2. The lowest BCUT2D eigenvalue weighted by molar-refractivity contribution is -0.386. The number of hydrogen-bond acceptors (Lipinski definition) is 4. The summed E-state index contributed by atoms with van der Waals surface area (Å²) in [5.41, 5.74) is 5.12. The summed E-state index contributed by atoms with van der Waals surface area (Å²) >= 11 is 0. The average molecular weight is 285 g/mol. The van der Waals surface area contributed by atoms with Crippen LogP contribution in [-0.2, 0) is 0 Å². The summed E-state index contributed by atoms with van der Waals surface area (Å²) in [6.07, 6.45) is 3.13. The van der Waals surface area contributed by atoms with Crippen molar-refractivity contribution >= 4 is 11.4 Å². The lowest BCUT2D eigenvalue weighted by Gasteiger charge is -2.34. The summed E-state index contributed by atoms with van der Waals surface area (Å²) in [7, 11) is 1.63. The van der Waals surface area contributed by atoms with Crippen molar-refractivity contribution in [3.05, 3.63) is 33.9 Å². The fourth-order valence-corrected chi connectivity index (χ4v) is 2.69. The molecule has 1 aliphatic rings. The van der Waals surface area contributed by atoms with Gasteiger partial charge in [0, 0.05) is 31.3 Å². The Balaban J connectivity index is 2.33. The molecule has 1 fully saturated rings. The molecular formula is C13H17F2N3O2. The molecule has 7 heteroatoms. The van der Waals surface area contributed by atoms with Crippen LogP contribution in [0.2, 0.25) is 0 Å². The molecule has 0 radical (unpaired) electrons. The molecule has 0 atom stereocenters. The van der Waals surface area contributed by atoms with Gasteiger partial charge in [-0.2, -0.15) is 4.39 Å². The van der Waals surface area contributed by atoms with E-state index in [1.54, 1.807) is 11.9 Å². The van der Waals surface area contributed by atoms with Gasteiger partial charge in [0.1, 0.15) is 11.5 Å². The van der Waals surface area contributed by atoms with E-state index in [-0.39, 0.29) is 17.8 Å². The van der Waals surface area contributed by atoms with Gasteiger partial charge in [-0.25, -0.2) is 4.39 Å². The molecule has 1 aromatic carbocycles. The minimum atomic E-state index is -1.15. The summed E-state index contributed by atoms with van der Waals surface area (Å²) in [6, 6.07) is 1.69. The average Bonchev–Trinajstić information content (AvgIpc) is 2.37. The zero-order valence-corrected chi connectivity index (χ0v) is 11.2. The molecule has 1 aliphatic carbocycles. The largest absolute Gasteiger partial charge is 0.366 e. The van der Waals surface area contributed by atoms with Gasteiger partial charge < -0.3 is 10.6 Å². The summed E-state index contributed by atoms with van der Waals surface area (Å²) in [5.74, 6) is -1.97. The van der Waals surface area contributed by atoms with E-state index in [1.165, 1.54) is 0 Å². The molecule has 0 amide bonds. The number of hydrogen-bond donors (Lipinski definition) is 1. The van der Waals surface area contributed by atoms with Crippen molar-refractivity contribution in [3.63, 3.8) is 0 Å². The molecule has 0 saturated heterocycles. The van der Waals surface area contributed by atoms with E-state index in [4.69, 9.17) is 5.73 Å². The third kappa shape index (κ3) is 2.87. The molecule has 1 aromatic rings. The van der Waals surface area contributed by atoms with Gasteiger partial charge in [-0.15, -0.1) is 0 Å². The maximum absolute atomic E-state index is 13.6. The number of nitro groups is 1. The van der Waals surface area contributed by atoms with Crippen molar-refractivity contribution < 1.29 is 13.7 Å². The molecule has 0 aromatic heterocycles. The Morgan fingerprint density at radius 1 is 1.30 bits per heavy atom. The van der Waals surface area contributed by atoms with E-state index in [0.717, 1.165) is 31.7 Å². The molecule has 1 saturated carbocycles. The van der Waals surface area contributed by atoms with Crippen LogP contribution in [0.1, 0.15) is 25.7 Å². The highest BCUT2D eigenvalue weighted by Gasteiger charge is 2.29. The molecule has 2 N–H and O–H groups in total. The van der Waals surface area contributed by atoms with Crippen LogP contribution in [0.3, 0.4) is 0 Å². The normalized spacial score (nSPS) is 22.6. The molecule has 2 rings (SSSR count). The summed E-state index contributed by atoms with van der Waals surface area (Å²) < 4.78 is 27.0. The van der Waals surface area contributed by atoms with Crippen LogP contribution in [0.25, 0.3) is 0 Å². The highest BCUT2D eigenvalue weighted by Crippen LogP contribution is 2.35. The van der Waals surface area contributed by atoms with Gasteiger partial charge in [-0.1, -0.05) is 0 Å². The quantitative estimate of drug-likeness (QED) is 0.684. The lowest BCUT2D eigenvalue weighted by atomic mass is 9.90. The highest BCUT2D eigenvalue weighted by atomic mass is 19.1. The first-order valence-corrected chi connectivity index (χ1v) is 6.52. The van der Waals surface area contributed by atoms with Crippen LogP contribution in [0.15, 0.2) is 12.1 Å². The van der Waals surface area contributed by atoms with Crippen LogP contribution in [-0.4, -0.2) is 24.1 Å². The van der Waals surface area contributed by atoms with E-state index in [0.29, 0.717) is 6.07 Å². The molecule has 0 unspecified atom stereocenters. The molecular weight excluding hydrogens is 268 g/mol. The third-order valence-corrected chi connectivity index (χ3v) is 3.86. The van der Waals surface area contributed by atoms with Crippen molar-refractivity contribution in [2.24, 2.45) is 5.73 Å². The van der Waals surface area contributed by atoms with Crippen molar-refractivity contribution in [1.29, 1.82) is 0 Å². The zero-order valence-electron chi connectivity index (χ0n) is 11.2. The first-order chi connectivity index (χ1) is 9.40. The first kappa shape index (κ1) is 14.6. The van der Waals surface area contributed by atoms with Crippen LogP contribution < -0.4 is 10.6 Å². The van der Waals surface area contributed by atoms with Gasteiger partial charge in [-0.3, -0.25) is 10.1 Å². The third-order valence-electron chi connectivity index (χ3n) is 3.86. The van der Waals surface area contributed by atoms with E-state index in [2.05, 4.69) is 0 Å². The molecule has 5 nitrogen and oxygen atoms in total. The Morgan fingerprint density at radius 2 is 1.90 bits per heavy atom. The molecule has 110 valence electrons. The zero-order chi connectivity index (χ0) is 14.9. The SMILES string of the molecule is CN(c1cc(F)cc(F)c1[N+](=O)[O-])C1CCC(N)CC1. The Hall–Kier alpha value is -1.76. The predicted octanol–water partition coefficient (Wildman–Crippen LogP) is 2.58. The van der Waals surface area contributed by atoms with Gasteiger partial charge in [0.25, 0.3) is 0 Å². The Labute approximate surface area is 115 Å². The van der Waals surface area contributed by atoms with Crippen molar-refractivity contribution in [1.82, 2.24) is 0 Å². The number of nitrogens with zero attached hydrogens (tertiary/aromatic N) is 2. The predicted molar refractivity (Wildman–Crippen MR) is 71.6 cm³/mol. The molecule has 0 heterocycles. The van der Waals surface area contributed by atoms with Crippen LogP contribution in [0, 0.1) is 21.7 Å². The number of rotatable bonds is 3. The van der Waals surface area contributed by atoms with Crippen molar-refractivity contribution in [3.8, 4) is 0 Å². The van der Waals surface area contributed by atoms with Gasteiger partial charge in [0.05, 0.1) is 4.92 Å². The Morgan fingerprint density at radius 3 is 2.45 bits per heavy atom. The maximum Gasteiger partial charge on any atom is 0.328 e. The van der Waals surface area contributed by atoms with Gasteiger partial charge in [-0.05, 0) is 25.7 Å². The standard InChI is InChI=1S/C13H17F2N3O2/c1-17(10-4-2-9(16)3-5-10)12-7-8(14)6-11(15)13(12)18(19)20/h6-7,9-10H,2-5,16H2,1H3. The number of nitro benzene ring substituents is 1. The first-order valence-electron chi connectivity index (χ1n) is 6.52. The van der Waals surface area contributed by atoms with Gasteiger partial charge in [0.15, 0.2) is 0 Å². The summed E-state index contributed by atoms with van der Waals surface area (Å²) in [5, 5.41) is 11.0. The molecule has 0 aliphatic heterocycles. The molecule has 0 bridgehead atoms. The fourth-order valence-electron chi connectivity index (χ4n) is 2.69. The van der Waals surface area contributed by atoms with Crippen LogP contribution >= 0.6 is 0 Å². The number of nitrogens with two attached hydrogens (primary N) is 1. The maximum atomic E-state index is 13.6. The van der Waals surface area contributed by atoms with Crippen molar-refractivity contribution in [2.45, 2.75) is 37.8 Å². The summed E-state index contributed by atoms with van der Waals surface area (Å²) in [6.45, 7) is 0. The van der Waals surface area contributed by atoms with E-state index in [1.807, 2.05) is 0 Å². The van der Waals surface area contributed by atoms with E-state index in [9.17, 15) is 18.9 Å². The number of anilines is 1. The Kier molecular flexibility index (Phi) is 4.17. The van der Waals surface area contributed by atoms with Gasteiger partial charge >= 0.3 is 5.69 Å². The van der Waals surface area contributed by atoms with Gasteiger partial charge in [0.2, 0.25) is 5.82 Å². The second-order valence-electron chi connectivity index (χ2n) is 5.19. The topological polar surface area (TPSA) is 72.4 Å². The van der Waals surface area contributed by atoms with E-state index < -0.39 is 22.2 Å². The summed E-state index contributed by atoms with van der Waals surface area (Å²) in [4.78, 5) is 11.8. The second kappa shape index (κ2) is 5.70. The minimum absolute atomic E-state index is 0.00898. The smallest absolute Gasteiger partial charge is 0.328 e. The second-order valence-corrected chi connectivity index (χ2v) is 5.19. The van der Waals surface area contributed by atoms with Crippen molar-refractivity contribution in [2.75, 3.05) is 11.9 Å². The van der Waals surface area contributed by atoms with Crippen LogP contribution in [0.5, 0.6) is 0 Å².